The zero-order chi connectivity index (χ0) is 15.8. The first-order valence-corrected chi connectivity index (χ1v) is 6.95. The van der Waals surface area contributed by atoms with E-state index in [1.165, 1.54) is 0 Å². The Balaban J connectivity index is 2.06. The third kappa shape index (κ3) is 4.31. The van der Waals surface area contributed by atoms with Crippen LogP contribution in [-0.4, -0.2) is 11.9 Å². The molecule has 0 bridgehead atoms. The van der Waals surface area contributed by atoms with Crippen molar-refractivity contribution in [2.75, 3.05) is 0 Å². The summed E-state index contributed by atoms with van der Waals surface area (Å²) in [5.74, 6) is -1.24. The maximum Gasteiger partial charge on any atom is 0.345 e. The molecular weight excluding hydrogens is 280 g/mol. The van der Waals surface area contributed by atoms with Crippen LogP contribution >= 0.6 is 0 Å². The molecule has 0 unspecified atom stereocenters. The molecule has 0 saturated carbocycles. The summed E-state index contributed by atoms with van der Waals surface area (Å²) in [6, 6.07) is 17.0. The lowest BCUT2D eigenvalue weighted by Crippen LogP contribution is -2.11. The second kappa shape index (κ2) is 7.78. The molecule has 0 amide bonds. The van der Waals surface area contributed by atoms with E-state index in [0.717, 1.165) is 0 Å². The van der Waals surface area contributed by atoms with Gasteiger partial charge in [-0.05, 0) is 36.8 Å². The van der Waals surface area contributed by atoms with Gasteiger partial charge in [0, 0.05) is 0 Å². The quantitative estimate of drug-likeness (QED) is 0.619. The van der Waals surface area contributed by atoms with Crippen molar-refractivity contribution in [3.63, 3.8) is 0 Å². The average Bonchev–Trinajstić information content (AvgIpc) is 2.56. The van der Waals surface area contributed by atoms with Crippen LogP contribution in [0.1, 0.15) is 34.1 Å². The largest absolute Gasteiger partial charge is 0.389 e. The van der Waals surface area contributed by atoms with Gasteiger partial charge >= 0.3 is 11.9 Å². The Bertz CT molecular complexity index is 605. The maximum atomic E-state index is 12.0. The van der Waals surface area contributed by atoms with Crippen molar-refractivity contribution in [1.82, 2.24) is 0 Å². The van der Waals surface area contributed by atoms with Crippen molar-refractivity contribution in [3.05, 3.63) is 83.8 Å². The van der Waals surface area contributed by atoms with E-state index in [2.05, 4.69) is 0 Å². The third-order valence-electron chi connectivity index (χ3n) is 2.78. The Kier molecular flexibility index (Phi) is 5.49. The molecule has 0 aliphatic carbocycles. The van der Waals surface area contributed by atoms with Crippen LogP contribution < -0.4 is 0 Å². The van der Waals surface area contributed by atoms with Gasteiger partial charge < -0.3 is 9.47 Å². The van der Waals surface area contributed by atoms with Crippen LogP contribution in [0.4, 0.5) is 0 Å². The van der Waals surface area contributed by atoms with E-state index in [-0.39, 0.29) is 5.95 Å². The Morgan fingerprint density at radius 1 is 0.818 bits per heavy atom. The zero-order valence-electron chi connectivity index (χ0n) is 12.2. The summed E-state index contributed by atoms with van der Waals surface area (Å²) in [5.41, 5.74) is 0.778. The highest BCUT2D eigenvalue weighted by molar-refractivity contribution is 5.91. The summed E-state index contributed by atoms with van der Waals surface area (Å²) in [5, 5.41) is 0. The molecular formula is C18H16O4. The molecule has 0 fully saturated rings. The van der Waals surface area contributed by atoms with Crippen LogP contribution in [-0.2, 0) is 9.47 Å². The Labute approximate surface area is 129 Å². The van der Waals surface area contributed by atoms with Crippen molar-refractivity contribution < 1.29 is 19.1 Å². The van der Waals surface area contributed by atoms with Crippen molar-refractivity contribution in [1.29, 1.82) is 0 Å². The summed E-state index contributed by atoms with van der Waals surface area (Å²) in [4.78, 5) is 24.0. The third-order valence-corrected chi connectivity index (χ3v) is 2.78. The lowest BCUT2D eigenvalue weighted by atomic mass is 10.2. The summed E-state index contributed by atoms with van der Waals surface area (Å²) in [6.45, 7) is 1.85. The number of carbonyl (C=O) groups is 2. The molecule has 0 aromatic heterocycles. The maximum absolute atomic E-state index is 12.0. The fourth-order valence-electron chi connectivity index (χ4n) is 1.72. The van der Waals surface area contributed by atoms with Gasteiger partial charge in [0.2, 0.25) is 0 Å². The molecule has 0 saturated heterocycles. The molecule has 2 aromatic rings. The van der Waals surface area contributed by atoms with Crippen molar-refractivity contribution in [3.8, 4) is 0 Å². The van der Waals surface area contributed by atoms with Crippen LogP contribution in [0, 0.1) is 0 Å². The normalized spacial score (nSPS) is 9.68. The monoisotopic (exact) mass is 296 g/mol. The van der Waals surface area contributed by atoms with Crippen LogP contribution in [0.5, 0.6) is 0 Å². The lowest BCUT2D eigenvalue weighted by molar-refractivity contribution is 0.0231. The predicted octanol–water partition coefficient (Wildman–Crippen LogP) is 3.95. The van der Waals surface area contributed by atoms with E-state index in [1.807, 2.05) is 6.92 Å². The van der Waals surface area contributed by atoms with Gasteiger partial charge in [-0.15, -0.1) is 0 Å². The molecule has 112 valence electrons. The van der Waals surface area contributed by atoms with Crippen molar-refractivity contribution in [2.45, 2.75) is 13.3 Å². The van der Waals surface area contributed by atoms with E-state index in [9.17, 15) is 9.59 Å². The van der Waals surface area contributed by atoms with Crippen LogP contribution in [0.2, 0.25) is 0 Å². The van der Waals surface area contributed by atoms with Gasteiger partial charge in [-0.2, -0.15) is 0 Å². The second-order valence-corrected chi connectivity index (χ2v) is 4.44. The molecule has 4 nitrogen and oxygen atoms in total. The number of rotatable bonds is 5. The Morgan fingerprint density at radius 2 is 1.23 bits per heavy atom. The highest BCUT2D eigenvalue weighted by atomic mass is 16.7. The van der Waals surface area contributed by atoms with Gasteiger partial charge in [-0.3, -0.25) is 0 Å². The van der Waals surface area contributed by atoms with E-state index < -0.39 is 11.9 Å². The molecule has 0 spiro atoms. The first kappa shape index (κ1) is 15.5. The summed E-state index contributed by atoms with van der Waals surface area (Å²) >= 11 is 0. The topological polar surface area (TPSA) is 52.6 Å². The zero-order valence-corrected chi connectivity index (χ0v) is 12.2. The molecule has 0 aliphatic heterocycles. The van der Waals surface area contributed by atoms with Crippen LogP contribution in [0.25, 0.3) is 0 Å². The minimum Gasteiger partial charge on any atom is -0.389 e. The smallest absolute Gasteiger partial charge is 0.345 e. The number of esters is 2. The summed E-state index contributed by atoms with van der Waals surface area (Å²) in [7, 11) is 0. The number of allylic oxidation sites excluding steroid dienone is 1. The van der Waals surface area contributed by atoms with Crippen molar-refractivity contribution in [2.24, 2.45) is 0 Å². The number of ether oxygens (including phenoxy) is 2. The minimum absolute atomic E-state index is 0.106. The van der Waals surface area contributed by atoms with Gasteiger partial charge in [-0.25, -0.2) is 9.59 Å². The fourth-order valence-corrected chi connectivity index (χ4v) is 1.72. The molecule has 0 radical (unpaired) electrons. The number of carbonyl (C=O) groups excluding carboxylic acids is 2. The first-order valence-electron chi connectivity index (χ1n) is 6.95. The van der Waals surface area contributed by atoms with E-state index in [0.29, 0.717) is 17.5 Å². The van der Waals surface area contributed by atoms with Crippen LogP contribution in [0.3, 0.4) is 0 Å². The molecule has 0 heterocycles. The predicted molar refractivity (Wildman–Crippen MR) is 82.1 cm³/mol. The number of hydrogen-bond donors (Lipinski definition) is 0. The average molecular weight is 296 g/mol. The lowest BCUT2D eigenvalue weighted by Gasteiger charge is -2.09. The van der Waals surface area contributed by atoms with E-state index in [4.69, 9.17) is 9.47 Å². The van der Waals surface area contributed by atoms with Crippen LogP contribution in [0.15, 0.2) is 72.7 Å². The Morgan fingerprint density at radius 3 is 1.59 bits per heavy atom. The standard InChI is InChI=1S/C18H16O4/c1-2-9-16(21-17(19)14-10-5-3-6-11-14)22-18(20)15-12-7-4-8-13-15/h3-13H,2H2,1H3. The summed E-state index contributed by atoms with van der Waals surface area (Å²) in [6.07, 6.45) is 2.11. The van der Waals surface area contributed by atoms with Crippen molar-refractivity contribution >= 4 is 11.9 Å². The highest BCUT2D eigenvalue weighted by Crippen LogP contribution is 2.11. The molecule has 2 rings (SSSR count). The number of benzene rings is 2. The molecule has 22 heavy (non-hydrogen) atoms. The molecule has 0 atom stereocenters. The van der Waals surface area contributed by atoms with Gasteiger partial charge in [-0.1, -0.05) is 43.3 Å². The SMILES string of the molecule is CCC=C(OC(=O)c1ccccc1)OC(=O)c1ccccc1. The fraction of sp³-hybridized carbons (Fsp3) is 0.111. The second-order valence-electron chi connectivity index (χ2n) is 4.44. The molecule has 4 heteroatoms. The van der Waals surface area contributed by atoms with Gasteiger partial charge in [0.15, 0.2) is 0 Å². The Hall–Kier alpha value is -2.88. The first-order chi connectivity index (χ1) is 10.7. The summed E-state index contributed by atoms with van der Waals surface area (Å²) < 4.78 is 10.3. The van der Waals surface area contributed by atoms with Gasteiger partial charge in [0.05, 0.1) is 11.1 Å². The molecule has 0 aliphatic rings. The minimum atomic E-state index is -0.568. The van der Waals surface area contributed by atoms with Gasteiger partial charge in [0.25, 0.3) is 5.95 Å². The highest BCUT2D eigenvalue weighted by Gasteiger charge is 2.15. The number of hydrogen-bond acceptors (Lipinski definition) is 4. The van der Waals surface area contributed by atoms with Gasteiger partial charge in [0.1, 0.15) is 0 Å². The molecule has 0 N–H and O–H groups in total. The van der Waals surface area contributed by atoms with E-state index in [1.54, 1.807) is 66.7 Å². The molecule has 2 aromatic carbocycles. The van der Waals surface area contributed by atoms with E-state index >= 15 is 0 Å².